The van der Waals surface area contributed by atoms with Gasteiger partial charge in [0.25, 0.3) is 0 Å². The molecule has 2 rings (SSSR count). The average Bonchev–Trinajstić information content (AvgIpc) is 2.48. The summed E-state index contributed by atoms with van der Waals surface area (Å²) in [5.74, 6) is 0.302. The number of hydrogen-bond donors (Lipinski definition) is 0. The Hall–Kier alpha value is -1.89. The lowest BCUT2D eigenvalue weighted by Gasteiger charge is -2.25. The number of hydrogen-bond acceptors (Lipinski definition) is 1. The zero-order valence-corrected chi connectivity index (χ0v) is 13.2. The SMILES string of the molecule is CC(C)(C)C(=O)C(CCc1ccccc1)c1ccccc1. The summed E-state index contributed by atoms with van der Waals surface area (Å²) < 4.78 is 0. The molecule has 0 aliphatic carbocycles. The van der Waals surface area contributed by atoms with Gasteiger partial charge in [-0.3, -0.25) is 4.79 Å². The van der Waals surface area contributed by atoms with Gasteiger partial charge in [-0.05, 0) is 24.0 Å². The third kappa shape index (κ3) is 4.29. The first kappa shape index (κ1) is 15.5. The molecule has 110 valence electrons. The molecule has 1 unspecified atom stereocenters. The summed E-state index contributed by atoms with van der Waals surface area (Å²) in [5, 5.41) is 0. The second-order valence-corrected chi connectivity index (χ2v) is 6.60. The smallest absolute Gasteiger partial charge is 0.145 e. The predicted octanol–water partition coefficient (Wildman–Crippen LogP) is 5.02. The summed E-state index contributed by atoms with van der Waals surface area (Å²) in [6.45, 7) is 6.02. The van der Waals surface area contributed by atoms with Crippen molar-refractivity contribution < 1.29 is 4.79 Å². The molecule has 0 amide bonds. The summed E-state index contributed by atoms with van der Waals surface area (Å²) in [7, 11) is 0. The van der Waals surface area contributed by atoms with Crippen molar-refractivity contribution in [1.82, 2.24) is 0 Å². The Morgan fingerprint density at radius 2 is 1.43 bits per heavy atom. The highest BCUT2D eigenvalue weighted by Gasteiger charge is 2.30. The predicted molar refractivity (Wildman–Crippen MR) is 88.4 cm³/mol. The van der Waals surface area contributed by atoms with Gasteiger partial charge in [-0.1, -0.05) is 81.4 Å². The molecule has 0 saturated carbocycles. The summed E-state index contributed by atoms with van der Waals surface area (Å²) in [6.07, 6.45) is 1.80. The molecule has 0 spiro atoms. The van der Waals surface area contributed by atoms with Crippen molar-refractivity contribution in [2.45, 2.75) is 39.5 Å². The van der Waals surface area contributed by atoms with Crippen LogP contribution in [0.5, 0.6) is 0 Å². The second kappa shape index (κ2) is 6.71. The normalized spacial score (nSPS) is 12.9. The van der Waals surface area contributed by atoms with E-state index < -0.39 is 0 Å². The van der Waals surface area contributed by atoms with Crippen LogP contribution in [-0.4, -0.2) is 5.78 Å². The first-order valence-electron chi connectivity index (χ1n) is 7.61. The van der Waals surface area contributed by atoms with Crippen LogP contribution in [0.2, 0.25) is 0 Å². The van der Waals surface area contributed by atoms with Gasteiger partial charge in [-0.25, -0.2) is 0 Å². The molecule has 0 N–H and O–H groups in total. The summed E-state index contributed by atoms with van der Waals surface area (Å²) in [6, 6.07) is 20.6. The van der Waals surface area contributed by atoms with Gasteiger partial charge in [0.15, 0.2) is 0 Å². The van der Waals surface area contributed by atoms with Crippen LogP contribution in [0.4, 0.5) is 0 Å². The van der Waals surface area contributed by atoms with Crippen LogP contribution in [0, 0.1) is 5.41 Å². The molecule has 1 nitrogen and oxygen atoms in total. The molecule has 0 aromatic heterocycles. The van der Waals surface area contributed by atoms with Crippen LogP contribution in [-0.2, 0) is 11.2 Å². The average molecular weight is 280 g/mol. The Kier molecular flexibility index (Phi) is 4.95. The molecule has 0 fully saturated rings. The number of benzene rings is 2. The van der Waals surface area contributed by atoms with Gasteiger partial charge in [0.2, 0.25) is 0 Å². The molecule has 1 atom stereocenters. The number of carbonyl (C=O) groups is 1. The van der Waals surface area contributed by atoms with E-state index >= 15 is 0 Å². The fraction of sp³-hybridized carbons (Fsp3) is 0.350. The third-order valence-electron chi connectivity index (χ3n) is 3.82. The molecule has 0 saturated heterocycles. The van der Waals surface area contributed by atoms with Crippen molar-refractivity contribution >= 4 is 5.78 Å². The molecular formula is C20H24O. The first-order chi connectivity index (χ1) is 9.98. The minimum atomic E-state index is -0.308. The van der Waals surface area contributed by atoms with E-state index in [1.165, 1.54) is 5.56 Å². The maximum absolute atomic E-state index is 12.8. The number of rotatable bonds is 5. The van der Waals surface area contributed by atoms with Crippen LogP contribution in [0.25, 0.3) is 0 Å². The van der Waals surface area contributed by atoms with E-state index in [1.54, 1.807) is 0 Å². The number of ketones is 1. The lowest BCUT2D eigenvalue weighted by atomic mass is 9.77. The number of carbonyl (C=O) groups excluding carboxylic acids is 1. The largest absolute Gasteiger partial charge is 0.298 e. The van der Waals surface area contributed by atoms with Crippen LogP contribution in [0.15, 0.2) is 60.7 Å². The Bertz CT molecular complexity index is 564. The third-order valence-corrected chi connectivity index (χ3v) is 3.82. The van der Waals surface area contributed by atoms with Gasteiger partial charge >= 0.3 is 0 Å². The molecule has 0 bridgehead atoms. The van der Waals surface area contributed by atoms with Crippen LogP contribution in [0.1, 0.15) is 44.2 Å². The standard InChI is InChI=1S/C20H24O/c1-20(2,3)19(21)18(17-12-8-5-9-13-17)15-14-16-10-6-4-7-11-16/h4-13,18H,14-15H2,1-3H3. The van der Waals surface area contributed by atoms with Gasteiger partial charge in [0, 0.05) is 11.3 Å². The maximum atomic E-state index is 12.8. The van der Waals surface area contributed by atoms with Crippen molar-refractivity contribution in [3.05, 3.63) is 71.8 Å². The lowest BCUT2D eigenvalue weighted by Crippen LogP contribution is -2.27. The van der Waals surface area contributed by atoms with Crippen molar-refractivity contribution in [2.75, 3.05) is 0 Å². The highest BCUT2D eigenvalue weighted by Crippen LogP contribution is 2.31. The Morgan fingerprint density at radius 3 is 1.95 bits per heavy atom. The van der Waals surface area contributed by atoms with E-state index in [2.05, 4.69) is 36.4 Å². The molecule has 0 radical (unpaired) electrons. The molecule has 0 aliphatic heterocycles. The monoisotopic (exact) mass is 280 g/mol. The quantitative estimate of drug-likeness (QED) is 0.751. The van der Waals surface area contributed by atoms with Gasteiger partial charge in [-0.15, -0.1) is 0 Å². The van der Waals surface area contributed by atoms with Gasteiger partial charge in [0.1, 0.15) is 5.78 Å². The topological polar surface area (TPSA) is 17.1 Å². The first-order valence-corrected chi connectivity index (χ1v) is 7.61. The molecule has 2 aromatic rings. The highest BCUT2D eigenvalue weighted by molar-refractivity contribution is 5.90. The van der Waals surface area contributed by atoms with E-state index in [4.69, 9.17) is 0 Å². The minimum absolute atomic E-state index is 0.0218. The Labute approximate surface area is 128 Å². The van der Waals surface area contributed by atoms with Crippen molar-refractivity contribution in [2.24, 2.45) is 5.41 Å². The lowest BCUT2D eigenvalue weighted by molar-refractivity contribution is -0.128. The summed E-state index contributed by atoms with van der Waals surface area (Å²) in [4.78, 5) is 12.8. The van der Waals surface area contributed by atoms with E-state index in [0.717, 1.165) is 18.4 Å². The summed E-state index contributed by atoms with van der Waals surface area (Å²) in [5.41, 5.74) is 2.12. The number of Topliss-reactive ketones (excluding diaryl/α,β-unsaturated/α-hetero) is 1. The van der Waals surface area contributed by atoms with Gasteiger partial charge in [-0.2, -0.15) is 0 Å². The highest BCUT2D eigenvalue weighted by atomic mass is 16.1. The molecule has 0 aliphatic rings. The van der Waals surface area contributed by atoms with E-state index in [-0.39, 0.29) is 11.3 Å². The molecular weight excluding hydrogens is 256 g/mol. The molecule has 2 aromatic carbocycles. The second-order valence-electron chi connectivity index (χ2n) is 6.60. The van der Waals surface area contributed by atoms with Crippen LogP contribution in [0.3, 0.4) is 0 Å². The summed E-state index contributed by atoms with van der Waals surface area (Å²) >= 11 is 0. The molecule has 1 heteroatoms. The van der Waals surface area contributed by atoms with Gasteiger partial charge in [0.05, 0.1) is 0 Å². The van der Waals surface area contributed by atoms with Crippen LogP contribution >= 0.6 is 0 Å². The van der Waals surface area contributed by atoms with Gasteiger partial charge < -0.3 is 0 Å². The Balaban J connectivity index is 2.19. The van der Waals surface area contributed by atoms with Crippen molar-refractivity contribution in [3.63, 3.8) is 0 Å². The minimum Gasteiger partial charge on any atom is -0.298 e. The van der Waals surface area contributed by atoms with Crippen LogP contribution < -0.4 is 0 Å². The zero-order valence-electron chi connectivity index (χ0n) is 13.2. The molecule has 0 heterocycles. The van der Waals surface area contributed by atoms with Crippen molar-refractivity contribution in [3.8, 4) is 0 Å². The van der Waals surface area contributed by atoms with E-state index in [0.29, 0.717) is 5.78 Å². The van der Waals surface area contributed by atoms with Crippen molar-refractivity contribution in [1.29, 1.82) is 0 Å². The fourth-order valence-electron chi connectivity index (χ4n) is 2.61. The van der Waals surface area contributed by atoms with E-state index in [1.807, 2.05) is 45.0 Å². The maximum Gasteiger partial charge on any atom is 0.145 e. The fourth-order valence-corrected chi connectivity index (χ4v) is 2.61. The Morgan fingerprint density at radius 1 is 0.905 bits per heavy atom. The number of aryl methyl sites for hydroxylation is 1. The zero-order chi connectivity index (χ0) is 15.3. The van der Waals surface area contributed by atoms with E-state index in [9.17, 15) is 4.79 Å². The molecule has 21 heavy (non-hydrogen) atoms.